The lowest BCUT2D eigenvalue weighted by Gasteiger charge is -2.08. The van der Waals surface area contributed by atoms with Crippen molar-refractivity contribution in [2.45, 2.75) is 0 Å². The Morgan fingerprint density at radius 1 is 0.519 bits per heavy atom. The number of nitrogens with two attached hydrogens (primary N) is 2. The van der Waals surface area contributed by atoms with Gasteiger partial charge in [-0.05, 0) is 0 Å². The molecule has 4 rings (SSSR count). The predicted octanol–water partition coefficient (Wildman–Crippen LogP) is 2.30. The molecule has 0 aliphatic rings. The van der Waals surface area contributed by atoms with Gasteiger partial charge in [-0.15, -0.1) is 0 Å². The molecule has 0 spiro atoms. The zero-order valence-electron chi connectivity index (χ0n) is 14.1. The third-order valence-corrected chi connectivity index (χ3v) is 3.59. The summed E-state index contributed by atoms with van der Waals surface area (Å²) in [5.41, 5.74) is 13.3. The van der Waals surface area contributed by atoms with E-state index in [1.54, 1.807) is 0 Å². The van der Waals surface area contributed by atoms with E-state index in [1.807, 2.05) is 60.7 Å². The van der Waals surface area contributed by atoms with Gasteiger partial charge in [-0.25, -0.2) is 0 Å². The van der Waals surface area contributed by atoms with Crippen LogP contribution in [-0.4, -0.2) is 29.9 Å². The first-order valence-electron chi connectivity index (χ1n) is 8.08. The Morgan fingerprint density at radius 2 is 0.926 bits per heavy atom. The van der Waals surface area contributed by atoms with Crippen LogP contribution < -0.4 is 16.8 Å². The summed E-state index contributed by atoms with van der Waals surface area (Å²) in [5.74, 6) is 1.47. The van der Waals surface area contributed by atoms with Gasteiger partial charge < -0.3 is 11.5 Å². The van der Waals surface area contributed by atoms with E-state index >= 15 is 0 Å². The van der Waals surface area contributed by atoms with E-state index in [1.165, 1.54) is 0 Å². The van der Waals surface area contributed by atoms with Gasteiger partial charge in [0.25, 0.3) is 0 Å². The van der Waals surface area contributed by atoms with Crippen molar-refractivity contribution in [3.8, 4) is 22.8 Å². The molecule has 0 radical (unpaired) electrons. The van der Waals surface area contributed by atoms with Crippen LogP contribution in [0, 0.1) is 0 Å². The molecule has 0 aliphatic carbocycles. The minimum Gasteiger partial charge on any atom is -0.368 e. The van der Waals surface area contributed by atoms with E-state index in [2.05, 4.69) is 35.2 Å². The molecule has 2 aromatic heterocycles. The molecule has 0 atom stereocenters. The summed E-state index contributed by atoms with van der Waals surface area (Å²) in [5, 5.41) is 2.92. The molecular formula is C18H15N9. The van der Waals surface area contributed by atoms with Crippen molar-refractivity contribution < 1.29 is 0 Å². The first-order chi connectivity index (χ1) is 13.2. The Kier molecular flexibility index (Phi) is 4.24. The molecule has 2 heterocycles. The van der Waals surface area contributed by atoms with Gasteiger partial charge in [0.15, 0.2) is 11.6 Å². The molecule has 0 unspecified atom stereocenters. The summed E-state index contributed by atoms with van der Waals surface area (Å²) >= 11 is 0. The Bertz CT molecular complexity index is 982. The normalized spacial score (nSPS) is 10.5. The lowest BCUT2D eigenvalue weighted by molar-refractivity contribution is 1.03. The maximum Gasteiger partial charge on any atom is 0.234 e. The summed E-state index contributed by atoms with van der Waals surface area (Å²) in [6, 6.07) is 18.9. The molecular weight excluding hydrogens is 342 g/mol. The maximum absolute atomic E-state index is 5.82. The van der Waals surface area contributed by atoms with Crippen LogP contribution in [0.15, 0.2) is 60.7 Å². The first kappa shape index (κ1) is 16.3. The molecule has 0 amide bonds. The van der Waals surface area contributed by atoms with Gasteiger partial charge in [0.2, 0.25) is 23.8 Å². The van der Waals surface area contributed by atoms with Gasteiger partial charge in [-0.3, -0.25) is 5.32 Å². The molecule has 0 saturated heterocycles. The number of nitrogens with zero attached hydrogens (tertiary/aromatic N) is 6. The van der Waals surface area contributed by atoms with Gasteiger partial charge >= 0.3 is 0 Å². The first-order valence-corrected chi connectivity index (χ1v) is 8.08. The van der Waals surface area contributed by atoms with Gasteiger partial charge in [0.05, 0.1) is 0 Å². The number of nitrogens with one attached hydrogen (secondary N) is 1. The van der Waals surface area contributed by atoms with Crippen molar-refractivity contribution in [2.75, 3.05) is 16.8 Å². The van der Waals surface area contributed by atoms with E-state index in [4.69, 9.17) is 11.5 Å². The molecule has 132 valence electrons. The van der Waals surface area contributed by atoms with Crippen LogP contribution in [0.3, 0.4) is 0 Å². The molecule has 0 bridgehead atoms. The second-order valence-corrected chi connectivity index (χ2v) is 5.54. The average Bonchev–Trinajstić information content (AvgIpc) is 2.68. The van der Waals surface area contributed by atoms with Crippen molar-refractivity contribution in [3.05, 3.63) is 60.7 Å². The highest BCUT2D eigenvalue weighted by Crippen LogP contribution is 2.20. The largest absolute Gasteiger partial charge is 0.368 e. The average molecular weight is 357 g/mol. The number of hydrogen-bond donors (Lipinski definition) is 3. The lowest BCUT2D eigenvalue weighted by atomic mass is 10.2. The smallest absolute Gasteiger partial charge is 0.234 e. The highest BCUT2D eigenvalue weighted by atomic mass is 15.3. The summed E-state index contributed by atoms with van der Waals surface area (Å²) in [7, 11) is 0. The molecule has 0 fully saturated rings. The van der Waals surface area contributed by atoms with Crippen molar-refractivity contribution >= 4 is 23.8 Å². The monoisotopic (exact) mass is 357 g/mol. The summed E-state index contributed by atoms with van der Waals surface area (Å²) in [4.78, 5) is 25.3. The van der Waals surface area contributed by atoms with Crippen molar-refractivity contribution in [2.24, 2.45) is 0 Å². The number of aromatic nitrogens is 6. The van der Waals surface area contributed by atoms with Gasteiger partial charge in [-0.1, -0.05) is 60.7 Å². The van der Waals surface area contributed by atoms with Crippen LogP contribution in [0.2, 0.25) is 0 Å². The SMILES string of the molecule is Nc1nc(Nc2nc(N)nc(-c3ccccc3)n2)nc(-c2ccccc2)n1. The van der Waals surface area contributed by atoms with E-state index in [9.17, 15) is 0 Å². The van der Waals surface area contributed by atoms with Crippen LogP contribution in [0.25, 0.3) is 22.8 Å². The summed E-state index contributed by atoms with van der Waals surface area (Å²) in [6.07, 6.45) is 0. The number of nitrogen functional groups attached to an aromatic ring is 2. The summed E-state index contributed by atoms with van der Waals surface area (Å²) in [6.45, 7) is 0. The zero-order chi connectivity index (χ0) is 18.6. The van der Waals surface area contributed by atoms with Gasteiger partial charge in [0.1, 0.15) is 0 Å². The highest BCUT2D eigenvalue weighted by molar-refractivity contribution is 5.61. The molecule has 0 saturated carbocycles. The Balaban J connectivity index is 1.69. The highest BCUT2D eigenvalue weighted by Gasteiger charge is 2.11. The van der Waals surface area contributed by atoms with Crippen molar-refractivity contribution in [3.63, 3.8) is 0 Å². The van der Waals surface area contributed by atoms with E-state index < -0.39 is 0 Å². The van der Waals surface area contributed by atoms with Crippen LogP contribution in [0.4, 0.5) is 23.8 Å². The third-order valence-electron chi connectivity index (χ3n) is 3.59. The Morgan fingerprint density at radius 3 is 1.33 bits per heavy atom. The molecule has 5 N–H and O–H groups in total. The number of anilines is 4. The molecule has 27 heavy (non-hydrogen) atoms. The lowest BCUT2D eigenvalue weighted by Crippen LogP contribution is -2.09. The van der Waals surface area contributed by atoms with E-state index in [-0.39, 0.29) is 23.8 Å². The second-order valence-electron chi connectivity index (χ2n) is 5.54. The third kappa shape index (κ3) is 3.76. The van der Waals surface area contributed by atoms with Crippen LogP contribution in [0.1, 0.15) is 0 Å². The van der Waals surface area contributed by atoms with Crippen LogP contribution >= 0.6 is 0 Å². The standard InChI is InChI=1S/C18H15N9/c19-15-21-13(11-7-3-1-4-8-11)23-17(25-15)27-18-24-14(22-16(20)26-18)12-9-5-2-6-10-12/h1-10H,(H5,19,20,21,22,23,24,25,26,27). The molecule has 4 aromatic rings. The van der Waals surface area contributed by atoms with Gasteiger partial charge in [-0.2, -0.15) is 29.9 Å². The number of benzene rings is 2. The Labute approximate surface area is 154 Å². The predicted molar refractivity (Wildman–Crippen MR) is 103 cm³/mol. The molecule has 9 heteroatoms. The van der Waals surface area contributed by atoms with Crippen LogP contribution in [-0.2, 0) is 0 Å². The fourth-order valence-corrected chi connectivity index (χ4v) is 2.43. The van der Waals surface area contributed by atoms with Crippen molar-refractivity contribution in [1.82, 2.24) is 29.9 Å². The van der Waals surface area contributed by atoms with E-state index in [0.717, 1.165) is 11.1 Å². The Hall–Kier alpha value is -4.14. The molecule has 0 aliphatic heterocycles. The zero-order valence-corrected chi connectivity index (χ0v) is 14.1. The molecule has 9 nitrogen and oxygen atoms in total. The van der Waals surface area contributed by atoms with E-state index in [0.29, 0.717) is 11.6 Å². The molecule has 2 aromatic carbocycles. The number of hydrogen-bond acceptors (Lipinski definition) is 9. The fourth-order valence-electron chi connectivity index (χ4n) is 2.43. The maximum atomic E-state index is 5.82. The topological polar surface area (TPSA) is 141 Å². The quantitative estimate of drug-likeness (QED) is 0.501. The fraction of sp³-hybridized carbons (Fsp3) is 0. The van der Waals surface area contributed by atoms with Gasteiger partial charge in [0, 0.05) is 11.1 Å². The summed E-state index contributed by atoms with van der Waals surface area (Å²) < 4.78 is 0. The number of rotatable bonds is 4. The minimum absolute atomic E-state index is 0.0802. The minimum atomic E-state index is 0.0802. The van der Waals surface area contributed by atoms with Crippen molar-refractivity contribution in [1.29, 1.82) is 0 Å². The second kappa shape index (κ2) is 7.00. The van der Waals surface area contributed by atoms with Crippen LogP contribution in [0.5, 0.6) is 0 Å².